The van der Waals surface area contributed by atoms with Crippen molar-refractivity contribution in [3.63, 3.8) is 0 Å². The van der Waals surface area contributed by atoms with Crippen LogP contribution in [0.2, 0.25) is 0 Å². The van der Waals surface area contributed by atoms with E-state index in [9.17, 15) is 4.79 Å². The van der Waals surface area contributed by atoms with Gasteiger partial charge in [0, 0.05) is 15.7 Å². The highest BCUT2D eigenvalue weighted by Crippen LogP contribution is 2.17. The number of rotatable bonds is 2. The number of carbonyl (C=O) groups is 1. The van der Waals surface area contributed by atoms with Gasteiger partial charge in [0.2, 0.25) is 0 Å². The Morgan fingerprint density at radius 1 is 1.22 bits per heavy atom. The molecule has 0 atom stereocenters. The highest BCUT2D eigenvalue weighted by molar-refractivity contribution is 9.10. The molecule has 1 aromatic heterocycles. The number of nitrogens with zero attached hydrogens (tertiary/aromatic N) is 1. The summed E-state index contributed by atoms with van der Waals surface area (Å²) in [7, 11) is 0. The second kappa shape index (κ2) is 5.18. The number of hydrogen-bond donors (Lipinski definition) is 2. The molecule has 0 fully saturated rings. The van der Waals surface area contributed by atoms with Crippen molar-refractivity contribution in [1.82, 2.24) is 4.98 Å². The quantitative estimate of drug-likeness (QED) is 0.838. The Labute approximate surface area is 113 Å². The SMILES string of the molecule is Cc1nc(NC(=O)c2ccc(N)cc2)ccc1Br. The number of anilines is 2. The van der Waals surface area contributed by atoms with E-state index in [1.807, 2.05) is 13.0 Å². The molecule has 0 bridgehead atoms. The molecule has 0 spiro atoms. The minimum absolute atomic E-state index is 0.204. The highest BCUT2D eigenvalue weighted by atomic mass is 79.9. The molecule has 1 aromatic carbocycles. The summed E-state index contributed by atoms with van der Waals surface area (Å²) in [5, 5.41) is 2.73. The molecule has 2 rings (SSSR count). The van der Waals surface area contributed by atoms with Gasteiger partial charge in [-0.05, 0) is 59.3 Å². The summed E-state index contributed by atoms with van der Waals surface area (Å²) in [6.07, 6.45) is 0. The fourth-order valence-corrected chi connectivity index (χ4v) is 1.66. The van der Waals surface area contributed by atoms with E-state index in [-0.39, 0.29) is 5.91 Å². The third kappa shape index (κ3) is 2.87. The van der Waals surface area contributed by atoms with Gasteiger partial charge in [0.15, 0.2) is 0 Å². The minimum atomic E-state index is -0.204. The van der Waals surface area contributed by atoms with Gasteiger partial charge >= 0.3 is 0 Å². The van der Waals surface area contributed by atoms with E-state index in [0.29, 0.717) is 17.1 Å². The number of pyridine rings is 1. The molecule has 0 saturated carbocycles. The topological polar surface area (TPSA) is 68.0 Å². The van der Waals surface area contributed by atoms with Gasteiger partial charge < -0.3 is 11.1 Å². The summed E-state index contributed by atoms with van der Waals surface area (Å²) >= 11 is 3.36. The van der Waals surface area contributed by atoms with E-state index in [1.165, 1.54) is 0 Å². The fraction of sp³-hybridized carbons (Fsp3) is 0.0769. The fourth-order valence-electron chi connectivity index (χ4n) is 1.44. The smallest absolute Gasteiger partial charge is 0.256 e. The van der Waals surface area contributed by atoms with Crippen LogP contribution >= 0.6 is 15.9 Å². The molecule has 92 valence electrons. The predicted octanol–water partition coefficient (Wildman–Crippen LogP) is 2.99. The second-order valence-corrected chi connectivity index (χ2v) is 4.69. The number of carbonyl (C=O) groups excluding carboxylic acids is 1. The molecular formula is C13H12BrN3O. The lowest BCUT2D eigenvalue weighted by molar-refractivity contribution is 0.102. The average Bonchev–Trinajstić information content (AvgIpc) is 2.34. The molecule has 0 saturated heterocycles. The molecule has 18 heavy (non-hydrogen) atoms. The molecular weight excluding hydrogens is 294 g/mol. The van der Waals surface area contributed by atoms with Crippen molar-refractivity contribution in [3.05, 3.63) is 52.1 Å². The summed E-state index contributed by atoms with van der Waals surface area (Å²) in [5.41, 5.74) is 7.57. The number of aromatic nitrogens is 1. The maximum Gasteiger partial charge on any atom is 0.256 e. The number of amides is 1. The second-order valence-electron chi connectivity index (χ2n) is 3.84. The van der Waals surface area contributed by atoms with Crippen LogP contribution in [-0.4, -0.2) is 10.9 Å². The van der Waals surface area contributed by atoms with Crippen molar-refractivity contribution < 1.29 is 4.79 Å². The normalized spacial score (nSPS) is 10.1. The van der Waals surface area contributed by atoms with Gasteiger partial charge in [-0.3, -0.25) is 4.79 Å². The van der Waals surface area contributed by atoms with Crippen LogP contribution in [0.4, 0.5) is 11.5 Å². The van der Waals surface area contributed by atoms with Crippen LogP contribution in [0.5, 0.6) is 0 Å². The minimum Gasteiger partial charge on any atom is -0.399 e. The Balaban J connectivity index is 2.16. The zero-order valence-electron chi connectivity index (χ0n) is 9.77. The van der Waals surface area contributed by atoms with Crippen LogP contribution in [0, 0.1) is 6.92 Å². The van der Waals surface area contributed by atoms with Crippen LogP contribution < -0.4 is 11.1 Å². The first-order valence-electron chi connectivity index (χ1n) is 5.36. The van der Waals surface area contributed by atoms with Gasteiger partial charge in [-0.1, -0.05) is 0 Å². The van der Waals surface area contributed by atoms with Crippen LogP contribution in [0.1, 0.15) is 16.1 Å². The zero-order valence-corrected chi connectivity index (χ0v) is 11.4. The predicted molar refractivity (Wildman–Crippen MR) is 75.5 cm³/mol. The first-order valence-corrected chi connectivity index (χ1v) is 6.15. The van der Waals surface area contributed by atoms with Gasteiger partial charge in [-0.15, -0.1) is 0 Å². The van der Waals surface area contributed by atoms with Gasteiger partial charge in [-0.2, -0.15) is 0 Å². The monoisotopic (exact) mass is 305 g/mol. The molecule has 4 nitrogen and oxygen atoms in total. The van der Waals surface area contributed by atoms with Crippen molar-refractivity contribution >= 4 is 33.3 Å². The van der Waals surface area contributed by atoms with E-state index in [0.717, 1.165) is 10.2 Å². The summed E-state index contributed by atoms with van der Waals surface area (Å²) in [5.74, 6) is 0.321. The van der Waals surface area contributed by atoms with Crippen LogP contribution in [0.15, 0.2) is 40.9 Å². The number of nitrogen functional groups attached to an aromatic ring is 1. The van der Waals surface area contributed by atoms with E-state index in [1.54, 1.807) is 30.3 Å². The van der Waals surface area contributed by atoms with Crippen LogP contribution in [0.3, 0.4) is 0 Å². The van der Waals surface area contributed by atoms with E-state index in [4.69, 9.17) is 5.73 Å². The molecule has 0 aliphatic heterocycles. The maximum absolute atomic E-state index is 11.9. The molecule has 0 radical (unpaired) electrons. The van der Waals surface area contributed by atoms with Crippen molar-refractivity contribution in [3.8, 4) is 0 Å². The van der Waals surface area contributed by atoms with Crippen molar-refractivity contribution in [2.24, 2.45) is 0 Å². The van der Waals surface area contributed by atoms with Crippen molar-refractivity contribution in [1.29, 1.82) is 0 Å². The van der Waals surface area contributed by atoms with Gasteiger partial charge in [0.25, 0.3) is 5.91 Å². The van der Waals surface area contributed by atoms with Crippen molar-refractivity contribution in [2.45, 2.75) is 6.92 Å². The summed E-state index contributed by atoms with van der Waals surface area (Å²) in [4.78, 5) is 16.2. The zero-order chi connectivity index (χ0) is 13.1. The number of nitrogens with one attached hydrogen (secondary N) is 1. The Kier molecular flexibility index (Phi) is 3.62. The Bertz CT molecular complexity index is 581. The highest BCUT2D eigenvalue weighted by Gasteiger charge is 2.07. The largest absolute Gasteiger partial charge is 0.399 e. The van der Waals surface area contributed by atoms with Gasteiger partial charge in [0.05, 0.1) is 5.69 Å². The lowest BCUT2D eigenvalue weighted by Gasteiger charge is -2.06. The first-order chi connectivity index (χ1) is 8.56. The van der Waals surface area contributed by atoms with E-state index in [2.05, 4.69) is 26.2 Å². The average molecular weight is 306 g/mol. The van der Waals surface area contributed by atoms with Gasteiger partial charge in [0.1, 0.15) is 5.82 Å². The summed E-state index contributed by atoms with van der Waals surface area (Å²) < 4.78 is 0.910. The summed E-state index contributed by atoms with van der Waals surface area (Å²) in [6.45, 7) is 1.86. The maximum atomic E-state index is 11.9. The lowest BCUT2D eigenvalue weighted by atomic mass is 10.2. The number of halogens is 1. The molecule has 0 unspecified atom stereocenters. The number of aryl methyl sites for hydroxylation is 1. The molecule has 0 aliphatic carbocycles. The molecule has 1 heterocycles. The first kappa shape index (κ1) is 12.6. The molecule has 5 heteroatoms. The van der Waals surface area contributed by atoms with E-state index < -0.39 is 0 Å². The molecule has 0 aliphatic rings. The Morgan fingerprint density at radius 2 is 1.89 bits per heavy atom. The van der Waals surface area contributed by atoms with Crippen molar-refractivity contribution in [2.75, 3.05) is 11.1 Å². The number of hydrogen-bond acceptors (Lipinski definition) is 3. The lowest BCUT2D eigenvalue weighted by Crippen LogP contribution is -2.13. The number of benzene rings is 1. The Hall–Kier alpha value is -1.88. The molecule has 2 aromatic rings. The van der Waals surface area contributed by atoms with E-state index >= 15 is 0 Å². The van der Waals surface area contributed by atoms with Crippen LogP contribution in [-0.2, 0) is 0 Å². The third-order valence-corrected chi connectivity index (χ3v) is 3.27. The molecule has 1 amide bonds. The summed E-state index contributed by atoms with van der Waals surface area (Å²) in [6, 6.07) is 10.3. The number of nitrogens with two attached hydrogens (primary N) is 1. The third-order valence-electron chi connectivity index (χ3n) is 2.44. The van der Waals surface area contributed by atoms with Gasteiger partial charge in [-0.25, -0.2) is 4.98 Å². The molecule has 3 N–H and O–H groups in total. The van der Waals surface area contributed by atoms with Crippen LogP contribution in [0.25, 0.3) is 0 Å². The Morgan fingerprint density at radius 3 is 2.50 bits per heavy atom. The standard InChI is InChI=1S/C13H12BrN3O/c1-8-11(14)6-7-12(16-8)17-13(18)9-2-4-10(15)5-3-9/h2-7H,15H2,1H3,(H,16,17,18).